The quantitative estimate of drug-likeness (QED) is 0.731. The second-order valence-electron chi connectivity index (χ2n) is 4.98. The molecule has 2 N–H and O–H groups in total. The Bertz CT molecular complexity index is 983. The van der Waals surface area contributed by atoms with E-state index in [1.54, 1.807) is 12.3 Å². The first kappa shape index (κ1) is 13.8. The molecule has 6 heteroatoms. The third-order valence-electron chi connectivity index (χ3n) is 3.47. The lowest BCUT2D eigenvalue weighted by atomic mass is 10.1. The van der Waals surface area contributed by atoms with Crippen molar-refractivity contribution in [3.8, 4) is 11.3 Å². The first-order valence-electron chi connectivity index (χ1n) is 6.92. The van der Waals surface area contributed by atoms with Crippen molar-refractivity contribution in [1.82, 2.24) is 4.98 Å². The van der Waals surface area contributed by atoms with Gasteiger partial charge in [0.2, 0.25) is 0 Å². The van der Waals surface area contributed by atoms with E-state index in [1.807, 2.05) is 42.6 Å². The van der Waals surface area contributed by atoms with Gasteiger partial charge in [0.15, 0.2) is 5.17 Å². The number of hydrogen-bond acceptors (Lipinski definition) is 5. The van der Waals surface area contributed by atoms with Crippen LogP contribution < -0.4 is 5.73 Å². The maximum Gasteiger partial charge on any atom is 0.286 e. The minimum atomic E-state index is -0.336. The average molecular weight is 321 g/mol. The van der Waals surface area contributed by atoms with Crippen LogP contribution in [-0.4, -0.2) is 16.1 Å². The van der Waals surface area contributed by atoms with Gasteiger partial charge in [0.1, 0.15) is 11.5 Å². The van der Waals surface area contributed by atoms with E-state index in [2.05, 4.69) is 9.98 Å². The fourth-order valence-electron chi connectivity index (χ4n) is 2.44. The van der Waals surface area contributed by atoms with E-state index in [1.165, 1.54) is 0 Å². The van der Waals surface area contributed by atoms with Crippen molar-refractivity contribution in [2.75, 3.05) is 0 Å². The Labute approximate surface area is 135 Å². The number of pyridine rings is 1. The van der Waals surface area contributed by atoms with Gasteiger partial charge in [0, 0.05) is 29.4 Å². The van der Waals surface area contributed by atoms with Gasteiger partial charge in [-0.3, -0.25) is 9.78 Å². The number of hydrogen-bond donors (Lipinski definition) is 1. The number of carbonyl (C=O) groups is 1. The molecule has 23 heavy (non-hydrogen) atoms. The zero-order valence-electron chi connectivity index (χ0n) is 11.9. The van der Waals surface area contributed by atoms with E-state index in [4.69, 9.17) is 10.2 Å². The van der Waals surface area contributed by atoms with Crippen molar-refractivity contribution in [3.63, 3.8) is 0 Å². The number of carbonyl (C=O) groups excluding carboxylic acids is 1. The van der Waals surface area contributed by atoms with Gasteiger partial charge in [-0.15, -0.1) is 0 Å². The number of rotatable bonds is 2. The average Bonchev–Trinajstić information content (AvgIpc) is 3.14. The van der Waals surface area contributed by atoms with Crippen molar-refractivity contribution in [2.24, 2.45) is 10.7 Å². The molecule has 0 spiro atoms. The van der Waals surface area contributed by atoms with E-state index < -0.39 is 0 Å². The number of amidine groups is 1. The molecule has 0 unspecified atom stereocenters. The van der Waals surface area contributed by atoms with E-state index in [-0.39, 0.29) is 11.1 Å². The molecular formula is C17H11N3O2S. The zero-order chi connectivity index (χ0) is 15.8. The molecule has 1 amide bonds. The Kier molecular flexibility index (Phi) is 3.24. The van der Waals surface area contributed by atoms with Gasteiger partial charge in [-0.2, -0.15) is 4.99 Å². The van der Waals surface area contributed by atoms with Gasteiger partial charge in [-0.05, 0) is 29.3 Å². The second-order valence-corrected chi connectivity index (χ2v) is 6.04. The number of amides is 1. The summed E-state index contributed by atoms with van der Waals surface area (Å²) in [5.74, 6) is 0.941. The van der Waals surface area contributed by atoms with Crippen LogP contribution in [0.1, 0.15) is 5.76 Å². The van der Waals surface area contributed by atoms with Crippen LogP contribution in [0.4, 0.5) is 0 Å². The topological polar surface area (TPSA) is 81.5 Å². The van der Waals surface area contributed by atoms with Crippen molar-refractivity contribution in [1.29, 1.82) is 0 Å². The lowest BCUT2D eigenvalue weighted by Crippen LogP contribution is -2.01. The summed E-state index contributed by atoms with van der Waals surface area (Å²) in [5, 5.41) is 2.37. The monoisotopic (exact) mass is 321 g/mol. The van der Waals surface area contributed by atoms with E-state index >= 15 is 0 Å². The van der Waals surface area contributed by atoms with Crippen LogP contribution in [0.2, 0.25) is 0 Å². The maximum absolute atomic E-state index is 11.6. The van der Waals surface area contributed by atoms with Gasteiger partial charge in [0.25, 0.3) is 5.91 Å². The smallest absolute Gasteiger partial charge is 0.286 e. The minimum Gasteiger partial charge on any atom is -0.457 e. The lowest BCUT2D eigenvalue weighted by molar-refractivity contribution is -0.113. The molecule has 0 bridgehead atoms. The first-order valence-corrected chi connectivity index (χ1v) is 7.73. The van der Waals surface area contributed by atoms with Crippen molar-refractivity contribution in [2.45, 2.75) is 0 Å². The fourth-order valence-corrected chi connectivity index (χ4v) is 3.10. The van der Waals surface area contributed by atoms with Crippen LogP contribution in [0.25, 0.3) is 28.2 Å². The summed E-state index contributed by atoms with van der Waals surface area (Å²) in [4.78, 5) is 20.0. The fraction of sp³-hybridized carbons (Fsp3) is 0. The molecule has 0 saturated heterocycles. The summed E-state index contributed by atoms with van der Waals surface area (Å²) < 4.78 is 5.85. The molecule has 1 aliphatic rings. The van der Waals surface area contributed by atoms with Crippen LogP contribution >= 0.6 is 11.8 Å². The Morgan fingerprint density at radius 2 is 2.00 bits per heavy atom. The molecule has 0 radical (unpaired) electrons. The van der Waals surface area contributed by atoms with Crippen molar-refractivity contribution >= 4 is 39.7 Å². The standard InChI is InChI=1S/C17H11N3O2S/c18-17-20-16(21)15(23-17)7-11-5-6-14(22-11)13-9-19-8-10-3-1-2-4-12(10)13/h1-9H,(H2,18,20,21)/b15-7+. The van der Waals surface area contributed by atoms with Crippen molar-refractivity contribution < 1.29 is 9.21 Å². The maximum atomic E-state index is 11.6. The van der Waals surface area contributed by atoms with E-state index in [0.29, 0.717) is 16.4 Å². The second kappa shape index (κ2) is 5.40. The number of fused-ring (bicyclic) bond motifs is 1. The molecule has 2 aromatic heterocycles. The van der Waals surface area contributed by atoms with Crippen molar-refractivity contribution in [3.05, 3.63) is 59.5 Å². The molecule has 3 aromatic rings. The number of nitrogens with zero attached hydrogens (tertiary/aromatic N) is 2. The summed E-state index contributed by atoms with van der Waals surface area (Å²) in [6, 6.07) is 11.7. The number of aromatic nitrogens is 1. The van der Waals surface area contributed by atoms with Crippen LogP contribution in [0.3, 0.4) is 0 Å². The normalized spacial score (nSPS) is 16.3. The third-order valence-corrected chi connectivity index (χ3v) is 4.28. The van der Waals surface area contributed by atoms with Gasteiger partial charge in [0.05, 0.1) is 4.91 Å². The van der Waals surface area contributed by atoms with E-state index in [0.717, 1.165) is 28.1 Å². The number of aliphatic imine (C=N–C) groups is 1. The predicted molar refractivity (Wildman–Crippen MR) is 91.6 cm³/mol. The van der Waals surface area contributed by atoms with Crippen LogP contribution in [0.5, 0.6) is 0 Å². The molecule has 1 aliphatic heterocycles. The van der Waals surface area contributed by atoms with Gasteiger partial charge < -0.3 is 10.2 Å². The van der Waals surface area contributed by atoms with E-state index in [9.17, 15) is 4.79 Å². The zero-order valence-corrected chi connectivity index (χ0v) is 12.7. The first-order chi connectivity index (χ1) is 11.2. The predicted octanol–water partition coefficient (Wildman–Crippen LogP) is 3.42. The number of nitrogens with two attached hydrogens (primary N) is 1. The van der Waals surface area contributed by atoms with Crippen LogP contribution in [0.15, 0.2) is 63.1 Å². The molecule has 0 saturated carbocycles. The summed E-state index contributed by atoms with van der Waals surface area (Å²) in [7, 11) is 0. The Hall–Kier alpha value is -2.86. The summed E-state index contributed by atoms with van der Waals surface area (Å²) in [6.45, 7) is 0. The van der Waals surface area contributed by atoms with Gasteiger partial charge in [-0.1, -0.05) is 24.3 Å². The Balaban J connectivity index is 1.73. The Morgan fingerprint density at radius 3 is 2.83 bits per heavy atom. The highest BCUT2D eigenvalue weighted by Crippen LogP contribution is 2.31. The Morgan fingerprint density at radius 1 is 1.13 bits per heavy atom. The highest BCUT2D eigenvalue weighted by Gasteiger charge is 2.20. The molecule has 0 aliphatic carbocycles. The molecule has 5 nitrogen and oxygen atoms in total. The highest BCUT2D eigenvalue weighted by molar-refractivity contribution is 8.18. The summed E-state index contributed by atoms with van der Waals surface area (Å²) in [6.07, 6.45) is 5.24. The SMILES string of the molecule is NC1=NC(=O)/C(=C\c2ccc(-c3cncc4ccccc34)o2)S1. The number of furan rings is 1. The molecule has 3 heterocycles. The molecule has 0 atom stereocenters. The van der Waals surface area contributed by atoms with Crippen LogP contribution in [0, 0.1) is 0 Å². The molecule has 0 fully saturated rings. The highest BCUT2D eigenvalue weighted by atomic mass is 32.2. The summed E-state index contributed by atoms with van der Waals surface area (Å²) >= 11 is 1.14. The molecule has 1 aromatic carbocycles. The number of benzene rings is 1. The van der Waals surface area contributed by atoms with Crippen LogP contribution in [-0.2, 0) is 4.79 Å². The number of thioether (sulfide) groups is 1. The largest absolute Gasteiger partial charge is 0.457 e. The van der Waals surface area contributed by atoms with Gasteiger partial charge >= 0.3 is 0 Å². The molecular weight excluding hydrogens is 310 g/mol. The van der Waals surface area contributed by atoms with Gasteiger partial charge in [-0.25, -0.2) is 0 Å². The minimum absolute atomic E-state index is 0.256. The molecule has 4 rings (SSSR count). The third kappa shape index (κ3) is 2.53. The lowest BCUT2D eigenvalue weighted by Gasteiger charge is -2.02. The summed E-state index contributed by atoms with van der Waals surface area (Å²) in [5.41, 5.74) is 6.45. The molecule has 112 valence electrons.